The summed E-state index contributed by atoms with van der Waals surface area (Å²) in [7, 11) is 0. The minimum Gasteiger partial charge on any atom is -0.378 e. The van der Waals surface area contributed by atoms with Gasteiger partial charge in [0.1, 0.15) is 22.5 Å². The average molecular weight is 390 g/mol. The maximum absolute atomic E-state index is 13.2. The maximum atomic E-state index is 13.2. The molecule has 1 saturated heterocycles. The van der Waals surface area contributed by atoms with E-state index in [0.29, 0.717) is 26.1 Å². The summed E-state index contributed by atoms with van der Waals surface area (Å²) in [6.07, 6.45) is 2.25. The molecule has 2 fully saturated rings. The molecule has 0 aromatic carbocycles. The summed E-state index contributed by atoms with van der Waals surface area (Å²) in [4.78, 5) is 27.1. The van der Waals surface area contributed by atoms with Crippen LogP contribution in [0.3, 0.4) is 0 Å². The van der Waals surface area contributed by atoms with Crippen molar-refractivity contribution < 1.29 is 9.53 Å². The van der Waals surface area contributed by atoms with Crippen molar-refractivity contribution in [3.05, 3.63) is 17.8 Å². The van der Waals surface area contributed by atoms with E-state index in [2.05, 4.69) is 20.9 Å². The predicted molar refractivity (Wildman–Crippen MR) is 107 cm³/mol. The number of hydrogen-bond acceptors (Lipinski definition) is 7. The Hall–Kier alpha value is -1.77. The van der Waals surface area contributed by atoms with Crippen LogP contribution in [-0.2, 0) is 9.53 Å². The van der Waals surface area contributed by atoms with Gasteiger partial charge in [-0.15, -0.1) is 11.3 Å². The van der Waals surface area contributed by atoms with Gasteiger partial charge in [-0.2, -0.15) is 0 Å². The van der Waals surface area contributed by atoms with Gasteiger partial charge in [0.25, 0.3) is 0 Å². The first-order valence-corrected chi connectivity index (χ1v) is 10.4. The van der Waals surface area contributed by atoms with Crippen LogP contribution < -0.4 is 10.6 Å². The van der Waals surface area contributed by atoms with E-state index < -0.39 is 5.54 Å². The first-order valence-electron chi connectivity index (χ1n) is 9.51. The smallest absolute Gasteiger partial charge is 0.243 e. The van der Waals surface area contributed by atoms with Crippen LogP contribution in [0.1, 0.15) is 27.2 Å². The van der Waals surface area contributed by atoms with Gasteiger partial charge in [-0.3, -0.25) is 4.79 Å². The Kier molecular flexibility index (Phi) is 4.60. The van der Waals surface area contributed by atoms with Crippen molar-refractivity contribution in [2.45, 2.75) is 38.8 Å². The number of piperazine rings is 1. The third-order valence-corrected chi connectivity index (χ3v) is 7.14. The predicted octanol–water partition coefficient (Wildman–Crippen LogP) is 1.87. The van der Waals surface area contributed by atoms with E-state index >= 15 is 0 Å². The van der Waals surface area contributed by atoms with Crippen LogP contribution in [0.25, 0.3) is 10.2 Å². The molecular weight excluding hydrogens is 362 g/mol. The molecule has 3 heterocycles. The fraction of sp³-hybridized carbons (Fsp3) is 0.632. The molecule has 8 heteroatoms. The normalized spacial score (nSPS) is 27.6. The highest BCUT2D eigenvalue weighted by Crippen LogP contribution is 2.50. The number of carbonyl (C=O) groups is 1. The fourth-order valence-corrected chi connectivity index (χ4v) is 4.96. The van der Waals surface area contributed by atoms with E-state index in [0.717, 1.165) is 29.1 Å². The molecule has 2 unspecified atom stereocenters. The zero-order chi connectivity index (χ0) is 19.2. The summed E-state index contributed by atoms with van der Waals surface area (Å²) in [5.74, 6) is 1.00. The van der Waals surface area contributed by atoms with Crippen LogP contribution in [0.5, 0.6) is 0 Å². The van der Waals surface area contributed by atoms with E-state index in [4.69, 9.17) is 10.5 Å². The molecule has 2 aromatic heterocycles. The molecule has 2 aliphatic rings. The maximum Gasteiger partial charge on any atom is 0.243 e. The van der Waals surface area contributed by atoms with Crippen LogP contribution in [0.2, 0.25) is 0 Å². The summed E-state index contributed by atoms with van der Waals surface area (Å²) in [5.41, 5.74) is 5.38. The van der Waals surface area contributed by atoms with Crippen molar-refractivity contribution in [2.75, 3.05) is 37.7 Å². The number of ether oxygens (including phenoxy) is 1. The van der Waals surface area contributed by atoms with E-state index in [-0.39, 0.29) is 17.4 Å². The Bertz CT molecular complexity index is 845. The highest BCUT2D eigenvalue weighted by atomic mass is 32.1. The molecule has 2 aromatic rings. The molecule has 1 aliphatic carbocycles. The van der Waals surface area contributed by atoms with Crippen molar-refractivity contribution in [1.82, 2.24) is 14.9 Å². The Morgan fingerprint density at radius 3 is 2.74 bits per heavy atom. The minimum atomic E-state index is -0.843. The summed E-state index contributed by atoms with van der Waals surface area (Å²) in [6, 6.07) is 2.06. The van der Waals surface area contributed by atoms with Crippen molar-refractivity contribution in [3.63, 3.8) is 0 Å². The van der Waals surface area contributed by atoms with Crippen LogP contribution in [0.4, 0.5) is 5.82 Å². The molecule has 7 nitrogen and oxygen atoms in total. The quantitative estimate of drug-likeness (QED) is 0.859. The minimum absolute atomic E-state index is 0.0469. The molecule has 2 atom stereocenters. The molecule has 0 spiro atoms. The van der Waals surface area contributed by atoms with Gasteiger partial charge in [0.15, 0.2) is 0 Å². The van der Waals surface area contributed by atoms with Gasteiger partial charge < -0.3 is 20.3 Å². The second-order valence-electron chi connectivity index (χ2n) is 7.96. The van der Waals surface area contributed by atoms with Crippen molar-refractivity contribution in [3.8, 4) is 0 Å². The number of thiophene rings is 1. The monoisotopic (exact) mass is 389 g/mol. The summed E-state index contributed by atoms with van der Waals surface area (Å²) >= 11 is 1.62. The van der Waals surface area contributed by atoms with E-state index in [1.165, 1.54) is 0 Å². The van der Waals surface area contributed by atoms with Crippen molar-refractivity contribution in [1.29, 1.82) is 0 Å². The van der Waals surface area contributed by atoms with Gasteiger partial charge in [-0.25, -0.2) is 9.97 Å². The molecule has 27 heavy (non-hydrogen) atoms. The lowest BCUT2D eigenvalue weighted by atomic mass is 9.54. The van der Waals surface area contributed by atoms with Gasteiger partial charge >= 0.3 is 0 Å². The van der Waals surface area contributed by atoms with Crippen LogP contribution >= 0.6 is 11.3 Å². The second-order valence-corrected chi connectivity index (χ2v) is 8.85. The molecule has 0 radical (unpaired) electrons. The number of amides is 1. The lowest BCUT2D eigenvalue weighted by molar-refractivity contribution is -0.179. The molecule has 1 aliphatic heterocycles. The number of aromatic nitrogens is 2. The Morgan fingerprint density at radius 2 is 2.07 bits per heavy atom. The zero-order valence-corrected chi connectivity index (χ0v) is 17.0. The number of fused-ring (bicyclic) bond motifs is 1. The highest BCUT2D eigenvalue weighted by Gasteiger charge is 2.63. The first kappa shape index (κ1) is 18.6. The van der Waals surface area contributed by atoms with E-state index in [9.17, 15) is 4.79 Å². The fourth-order valence-electron chi connectivity index (χ4n) is 4.23. The Morgan fingerprint density at radius 1 is 1.33 bits per heavy atom. The van der Waals surface area contributed by atoms with Crippen molar-refractivity contribution in [2.24, 2.45) is 11.1 Å². The number of hydrogen-bond donors (Lipinski definition) is 1. The van der Waals surface area contributed by atoms with Crippen LogP contribution in [-0.4, -0.2) is 65.2 Å². The third kappa shape index (κ3) is 2.81. The number of carbonyl (C=O) groups excluding carboxylic acids is 1. The summed E-state index contributed by atoms with van der Waals surface area (Å²) in [5, 5.41) is 3.12. The van der Waals surface area contributed by atoms with Crippen LogP contribution in [0.15, 0.2) is 17.8 Å². The topological polar surface area (TPSA) is 84.6 Å². The number of nitrogens with zero attached hydrogens (tertiary/aromatic N) is 4. The number of rotatable bonds is 4. The van der Waals surface area contributed by atoms with E-state index in [1.807, 2.05) is 31.1 Å². The molecule has 0 bridgehead atoms. The molecule has 2 N–H and O–H groups in total. The largest absolute Gasteiger partial charge is 0.378 e. The number of anilines is 1. The Balaban J connectivity index is 1.44. The molecule has 1 saturated carbocycles. The highest BCUT2D eigenvalue weighted by molar-refractivity contribution is 7.16. The van der Waals surface area contributed by atoms with Crippen LogP contribution in [0, 0.1) is 5.41 Å². The Labute approximate surface area is 163 Å². The van der Waals surface area contributed by atoms with Gasteiger partial charge in [0, 0.05) is 44.6 Å². The molecule has 1 amide bonds. The second kappa shape index (κ2) is 6.68. The van der Waals surface area contributed by atoms with Gasteiger partial charge in [-0.05, 0) is 18.4 Å². The third-order valence-electron chi connectivity index (χ3n) is 6.32. The summed E-state index contributed by atoms with van der Waals surface area (Å²) < 4.78 is 5.76. The SMILES string of the molecule is CCOC1CC(N)(C(=O)N2CCN(c3ncnc4sccc34)CC2)C1(C)C. The summed E-state index contributed by atoms with van der Waals surface area (Å²) in [6.45, 7) is 9.51. The van der Waals surface area contributed by atoms with Gasteiger partial charge in [-0.1, -0.05) is 13.8 Å². The van der Waals surface area contributed by atoms with Gasteiger partial charge in [0.05, 0.1) is 11.5 Å². The molecule has 4 rings (SSSR count). The van der Waals surface area contributed by atoms with E-state index in [1.54, 1.807) is 17.7 Å². The lowest BCUT2D eigenvalue weighted by Crippen LogP contribution is -2.76. The van der Waals surface area contributed by atoms with Crippen molar-refractivity contribution >= 4 is 33.3 Å². The zero-order valence-electron chi connectivity index (χ0n) is 16.1. The average Bonchev–Trinajstić information content (AvgIpc) is 3.16. The van der Waals surface area contributed by atoms with Gasteiger partial charge in [0.2, 0.25) is 5.91 Å². The lowest BCUT2D eigenvalue weighted by Gasteiger charge is -2.59. The standard InChI is InChI=1S/C19H27N5O2S/c1-4-26-14-11-19(20,18(14,2)3)17(25)24-8-6-23(7-9-24)15-13-5-10-27-16(13)22-12-21-15/h5,10,12,14H,4,6-9,11,20H2,1-3H3. The molecular formula is C19H27N5O2S. The molecule has 146 valence electrons. The first-order chi connectivity index (χ1) is 12.9. The number of nitrogens with two attached hydrogens (primary N) is 1.